The Balaban J connectivity index is 1.82. The van der Waals surface area contributed by atoms with Gasteiger partial charge in [0.05, 0.1) is 0 Å². The summed E-state index contributed by atoms with van der Waals surface area (Å²) >= 11 is 7.43. The first-order valence-electron chi connectivity index (χ1n) is 12.0. The molecule has 0 aliphatic heterocycles. The van der Waals surface area contributed by atoms with E-state index in [0.29, 0.717) is 17.8 Å². The summed E-state index contributed by atoms with van der Waals surface area (Å²) in [6, 6.07) is 23.0. The molecule has 2 aliphatic rings. The molecule has 4 unspecified atom stereocenters. The topological polar surface area (TPSA) is 0 Å². The van der Waals surface area contributed by atoms with E-state index in [9.17, 15) is 0 Å². The molecule has 0 bridgehead atoms. The van der Waals surface area contributed by atoms with E-state index in [4.69, 9.17) is 0 Å². The second kappa shape index (κ2) is 8.44. The maximum atomic E-state index is 3.72. The summed E-state index contributed by atoms with van der Waals surface area (Å²) in [6.07, 6.45) is 3.91. The van der Waals surface area contributed by atoms with Gasteiger partial charge in [0.25, 0.3) is 0 Å². The molecule has 0 nitrogen and oxygen atoms in total. The van der Waals surface area contributed by atoms with Crippen molar-refractivity contribution >= 4 is 31.9 Å². The Morgan fingerprint density at radius 1 is 0.844 bits per heavy atom. The van der Waals surface area contributed by atoms with Crippen LogP contribution in [-0.4, -0.2) is 0 Å². The van der Waals surface area contributed by atoms with Gasteiger partial charge in [0, 0.05) is 14.4 Å². The van der Waals surface area contributed by atoms with Crippen molar-refractivity contribution in [3.8, 4) is 22.3 Å². The molecule has 2 heteroatoms. The van der Waals surface area contributed by atoms with Crippen molar-refractivity contribution in [2.75, 3.05) is 0 Å². The summed E-state index contributed by atoms with van der Waals surface area (Å²) in [5, 5.41) is 0. The summed E-state index contributed by atoms with van der Waals surface area (Å²) in [6.45, 7) is 9.79. The molecule has 32 heavy (non-hydrogen) atoms. The first-order chi connectivity index (χ1) is 15.3. The van der Waals surface area contributed by atoms with E-state index >= 15 is 0 Å². The van der Waals surface area contributed by atoms with Gasteiger partial charge in [0.2, 0.25) is 0 Å². The number of benzene rings is 3. The lowest BCUT2D eigenvalue weighted by Gasteiger charge is -2.51. The number of fused-ring (bicyclic) bond motifs is 5. The highest BCUT2D eigenvalue weighted by atomic mass is 79.9. The average molecular weight is 552 g/mol. The van der Waals surface area contributed by atoms with Crippen LogP contribution in [0.1, 0.15) is 58.1 Å². The van der Waals surface area contributed by atoms with Crippen LogP contribution < -0.4 is 0 Å². The molecule has 0 aromatic heterocycles. The molecular formula is C30H32Br2. The fourth-order valence-corrected chi connectivity index (χ4v) is 8.42. The third-order valence-electron chi connectivity index (χ3n) is 7.95. The standard InChI is InChI=1S/C30H32Br2/c1-18(2)12-22-14-19(3)13-20(4)30(22)27-10-6-5-8-26(27)29-25(9-7-11-28(29)30)21-15-23(31)17-24(32)16-21/h5-11,15-20,22H,12-14H2,1-4H3. The molecular weight excluding hydrogens is 520 g/mol. The van der Waals surface area contributed by atoms with E-state index in [1.807, 2.05) is 0 Å². The van der Waals surface area contributed by atoms with Gasteiger partial charge in [-0.2, -0.15) is 0 Å². The molecule has 0 amide bonds. The summed E-state index contributed by atoms with van der Waals surface area (Å²) in [5.41, 5.74) is 8.78. The van der Waals surface area contributed by atoms with Crippen LogP contribution in [0, 0.1) is 23.7 Å². The second-order valence-corrected chi connectivity index (χ2v) is 12.4. The Morgan fingerprint density at radius 2 is 1.50 bits per heavy atom. The van der Waals surface area contributed by atoms with Gasteiger partial charge in [-0.05, 0) is 94.5 Å². The highest BCUT2D eigenvalue weighted by Gasteiger charge is 2.54. The summed E-state index contributed by atoms with van der Waals surface area (Å²) in [4.78, 5) is 0. The summed E-state index contributed by atoms with van der Waals surface area (Å²) in [5.74, 6) is 2.80. The fourth-order valence-electron chi connectivity index (χ4n) is 7.13. The van der Waals surface area contributed by atoms with Gasteiger partial charge in [-0.15, -0.1) is 0 Å². The Morgan fingerprint density at radius 3 is 2.22 bits per heavy atom. The van der Waals surface area contributed by atoms with Gasteiger partial charge in [0.1, 0.15) is 0 Å². The average Bonchev–Trinajstić information content (AvgIpc) is 3.02. The monoisotopic (exact) mass is 550 g/mol. The Kier molecular flexibility index (Phi) is 5.91. The van der Waals surface area contributed by atoms with E-state index in [0.717, 1.165) is 14.9 Å². The van der Waals surface area contributed by atoms with Crippen molar-refractivity contribution < 1.29 is 0 Å². The number of halogens is 2. The van der Waals surface area contributed by atoms with Gasteiger partial charge in [-0.3, -0.25) is 0 Å². The smallest absolute Gasteiger partial charge is 0.0269 e. The third kappa shape index (κ3) is 3.44. The van der Waals surface area contributed by atoms with Crippen molar-refractivity contribution in [2.24, 2.45) is 23.7 Å². The molecule has 3 aromatic rings. The van der Waals surface area contributed by atoms with Crippen LogP contribution in [0.4, 0.5) is 0 Å². The second-order valence-electron chi connectivity index (χ2n) is 10.6. The number of hydrogen-bond donors (Lipinski definition) is 0. The fraction of sp³-hybridized carbons (Fsp3) is 0.400. The van der Waals surface area contributed by atoms with Gasteiger partial charge >= 0.3 is 0 Å². The van der Waals surface area contributed by atoms with Gasteiger partial charge < -0.3 is 0 Å². The van der Waals surface area contributed by atoms with Crippen LogP contribution in [0.15, 0.2) is 69.6 Å². The van der Waals surface area contributed by atoms with Crippen molar-refractivity contribution in [1.82, 2.24) is 0 Å². The first-order valence-corrected chi connectivity index (χ1v) is 13.6. The predicted octanol–water partition coefficient (Wildman–Crippen LogP) is 9.87. The highest BCUT2D eigenvalue weighted by Crippen LogP contribution is 2.63. The molecule has 2 aliphatic carbocycles. The normalized spacial score (nSPS) is 26.4. The quantitative estimate of drug-likeness (QED) is 0.304. The lowest BCUT2D eigenvalue weighted by Crippen LogP contribution is -2.46. The molecule has 0 heterocycles. The minimum absolute atomic E-state index is 0.113. The first kappa shape index (κ1) is 22.4. The lowest BCUT2D eigenvalue weighted by atomic mass is 9.53. The van der Waals surface area contributed by atoms with Crippen LogP contribution >= 0.6 is 31.9 Å². The molecule has 0 N–H and O–H groups in total. The Labute approximate surface area is 210 Å². The van der Waals surface area contributed by atoms with Crippen molar-refractivity contribution in [1.29, 1.82) is 0 Å². The van der Waals surface area contributed by atoms with Crippen LogP contribution in [0.25, 0.3) is 22.3 Å². The third-order valence-corrected chi connectivity index (χ3v) is 8.86. The van der Waals surface area contributed by atoms with Crippen LogP contribution in [0.3, 0.4) is 0 Å². The summed E-state index contributed by atoms with van der Waals surface area (Å²) < 4.78 is 2.22. The van der Waals surface area contributed by atoms with Gasteiger partial charge in [-0.25, -0.2) is 0 Å². The van der Waals surface area contributed by atoms with Gasteiger partial charge in [0.15, 0.2) is 0 Å². The molecule has 1 fully saturated rings. The molecule has 0 radical (unpaired) electrons. The van der Waals surface area contributed by atoms with Crippen molar-refractivity contribution in [3.63, 3.8) is 0 Å². The van der Waals surface area contributed by atoms with Crippen molar-refractivity contribution in [2.45, 2.75) is 52.4 Å². The van der Waals surface area contributed by atoms with E-state index in [1.54, 1.807) is 11.1 Å². The number of hydrogen-bond acceptors (Lipinski definition) is 0. The lowest BCUT2D eigenvalue weighted by molar-refractivity contribution is 0.101. The maximum absolute atomic E-state index is 3.72. The van der Waals surface area contributed by atoms with E-state index in [1.165, 1.54) is 41.5 Å². The number of rotatable bonds is 3. The minimum atomic E-state index is 0.113. The molecule has 3 aromatic carbocycles. The minimum Gasteiger partial charge on any atom is -0.0628 e. The largest absolute Gasteiger partial charge is 0.0628 e. The SMILES string of the molecule is CC(C)CC1CC(C)CC(C)C12c1ccccc1-c1c(-c3cc(Br)cc(Br)c3)cccc12. The Hall–Kier alpha value is -1.38. The van der Waals surface area contributed by atoms with Crippen LogP contribution in [0.2, 0.25) is 0 Å². The van der Waals surface area contributed by atoms with Crippen LogP contribution in [-0.2, 0) is 5.41 Å². The maximum Gasteiger partial charge on any atom is 0.0269 e. The highest BCUT2D eigenvalue weighted by molar-refractivity contribution is 9.11. The van der Waals surface area contributed by atoms with Gasteiger partial charge in [-0.1, -0.05) is 102 Å². The predicted molar refractivity (Wildman–Crippen MR) is 144 cm³/mol. The molecule has 1 spiro atoms. The molecule has 0 saturated heterocycles. The zero-order chi connectivity index (χ0) is 22.6. The Bertz CT molecular complexity index is 1140. The van der Waals surface area contributed by atoms with E-state index in [2.05, 4.69) is 120 Å². The molecule has 166 valence electrons. The zero-order valence-corrected chi connectivity index (χ0v) is 22.6. The van der Waals surface area contributed by atoms with E-state index < -0.39 is 0 Å². The zero-order valence-electron chi connectivity index (χ0n) is 19.5. The molecule has 1 saturated carbocycles. The van der Waals surface area contributed by atoms with Crippen molar-refractivity contribution in [3.05, 3.63) is 80.7 Å². The van der Waals surface area contributed by atoms with Crippen LogP contribution in [0.5, 0.6) is 0 Å². The molecule has 5 rings (SSSR count). The summed E-state index contributed by atoms with van der Waals surface area (Å²) in [7, 11) is 0. The van der Waals surface area contributed by atoms with E-state index in [-0.39, 0.29) is 5.41 Å². The molecule has 4 atom stereocenters.